The molecule has 0 aliphatic carbocycles. The highest BCUT2D eigenvalue weighted by Gasteiger charge is 2.38. The molecule has 5 nitrogen and oxygen atoms in total. The van der Waals surface area contributed by atoms with Crippen LogP contribution in [-0.4, -0.2) is 22.8 Å². The van der Waals surface area contributed by atoms with Crippen LogP contribution in [0.4, 0.5) is 0 Å². The molecule has 0 saturated heterocycles. The SMILES string of the molecule is CCC(C)CCCCC(=O)ON1C(=O)c2ccccc2C1=O. The zero-order valence-electron chi connectivity index (χ0n) is 13.0. The molecule has 118 valence electrons. The van der Waals surface area contributed by atoms with Crippen molar-refractivity contribution in [3.8, 4) is 0 Å². The number of carbonyl (C=O) groups is 3. The van der Waals surface area contributed by atoms with Gasteiger partial charge in [-0.2, -0.15) is 0 Å². The first kappa shape index (κ1) is 16.2. The maximum atomic E-state index is 12.0. The summed E-state index contributed by atoms with van der Waals surface area (Å²) < 4.78 is 0. The summed E-state index contributed by atoms with van der Waals surface area (Å²) in [6.07, 6.45) is 4.04. The van der Waals surface area contributed by atoms with Gasteiger partial charge in [0, 0.05) is 6.42 Å². The highest BCUT2D eigenvalue weighted by molar-refractivity contribution is 6.20. The zero-order chi connectivity index (χ0) is 16.1. The normalized spacial score (nSPS) is 14.9. The van der Waals surface area contributed by atoms with E-state index in [2.05, 4.69) is 13.8 Å². The van der Waals surface area contributed by atoms with E-state index in [1.54, 1.807) is 24.3 Å². The molecule has 5 heteroatoms. The van der Waals surface area contributed by atoms with E-state index >= 15 is 0 Å². The largest absolute Gasteiger partial charge is 0.333 e. The fourth-order valence-corrected chi connectivity index (χ4v) is 2.36. The van der Waals surface area contributed by atoms with Crippen molar-refractivity contribution in [1.29, 1.82) is 0 Å². The van der Waals surface area contributed by atoms with E-state index in [0.29, 0.717) is 17.4 Å². The smallest absolute Gasteiger partial charge is 0.330 e. The Kier molecular flexibility index (Phi) is 5.31. The van der Waals surface area contributed by atoms with E-state index in [9.17, 15) is 14.4 Å². The summed E-state index contributed by atoms with van der Waals surface area (Å²) in [7, 11) is 0. The second kappa shape index (κ2) is 7.20. The van der Waals surface area contributed by atoms with Gasteiger partial charge in [-0.3, -0.25) is 9.59 Å². The Morgan fingerprint density at radius 3 is 2.27 bits per heavy atom. The van der Waals surface area contributed by atoms with E-state index in [4.69, 9.17) is 4.84 Å². The van der Waals surface area contributed by atoms with Crippen LogP contribution in [0.25, 0.3) is 0 Å². The first-order valence-corrected chi connectivity index (χ1v) is 7.73. The summed E-state index contributed by atoms with van der Waals surface area (Å²) in [6.45, 7) is 4.32. The Hall–Kier alpha value is -2.17. The lowest BCUT2D eigenvalue weighted by Crippen LogP contribution is -2.32. The molecule has 1 heterocycles. The third-order valence-electron chi connectivity index (χ3n) is 3.97. The molecular formula is C17H21NO4. The molecule has 1 aromatic carbocycles. The van der Waals surface area contributed by atoms with Crippen LogP contribution >= 0.6 is 0 Å². The Morgan fingerprint density at radius 1 is 1.14 bits per heavy atom. The highest BCUT2D eigenvalue weighted by Crippen LogP contribution is 2.23. The number of carbonyl (C=O) groups excluding carboxylic acids is 3. The number of hydrogen-bond acceptors (Lipinski definition) is 4. The Morgan fingerprint density at radius 2 is 1.73 bits per heavy atom. The molecule has 1 unspecified atom stereocenters. The minimum Gasteiger partial charge on any atom is -0.330 e. The molecular weight excluding hydrogens is 282 g/mol. The number of hydroxylamine groups is 2. The highest BCUT2D eigenvalue weighted by atomic mass is 16.7. The predicted octanol–water partition coefficient (Wildman–Crippen LogP) is 3.35. The molecule has 0 fully saturated rings. The van der Waals surface area contributed by atoms with Crippen molar-refractivity contribution >= 4 is 17.8 Å². The molecule has 0 saturated carbocycles. The van der Waals surface area contributed by atoms with Gasteiger partial charge < -0.3 is 4.84 Å². The summed E-state index contributed by atoms with van der Waals surface area (Å²) in [5.74, 6) is -1.05. The summed E-state index contributed by atoms with van der Waals surface area (Å²) >= 11 is 0. The van der Waals surface area contributed by atoms with Crippen molar-refractivity contribution in [3.63, 3.8) is 0 Å². The van der Waals surface area contributed by atoms with Crippen LogP contribution in [0.3, 0.4) is 0 Å². The Labute approximate surface area is 130 Å². The number of nitrogens with zero attached hydrogens (tertiary/aromatic N) is 1. The quantitative estimate of drug-likeness (QED) is 0.572. The lowest BCUT2D eigenvalue weighted by molar-refractivity contribution is -0.168. The van der Waals surface area contributed by atoms with E-state index in [-0.39, 0.29) is 17.5 Å². The van der Waals surface area contributed by atoms with Crippen LogP contribution in [0.15, 0.2) is 24.3 Å². The van der Waals surface area contributed by atoms with Crippen LogP contribution in [0.1, 0.15) is 66.7 Å². The van der Waals surface area contributed by atoms with Crippen LogP contribution in [0.5, 0.6) is 0 Å². The van der Waals surface area contributed by atoms with Crippen molar-refractivity contribution in [2.45, 2.75) is 46.0 Å². The third kappa shape index (κ3) is 3.53. The van der Waals surface area contributed by atoms with Gasteiger partial charge in [0.25, 0.3) is 11.8 Å². The summed E-state index contributed by atoms with van der Waals surface area (Å²) in [4.78, 5) is 40.8. The van der Waals surface area contributed by atoms with Gasteiger partial charge in [-0.05, 0) is 24.5 Å². The van der Waals surface area contributed by atoms with Crippen molar-refractivity contribution in [2.24, 2.45) is 5.92 Å². The predicted molar refractivity (Wildman–Crippen MR) is 81.0 cm³/mol. The lowest BCUT2D eigenvalue weighted by Gasteiger charge is -2.13. The molecule has 1 aliphatic heterocycles. The number of unbranched alkanes of at least 4 members (excludes halogenated alkanes) is 1. The van der Waals surface area contributed by atoms with Gasteiger partial charge in [-0.25, -0.2) is 4.79 Å². The van der Waals surface area contributed by atoms with Crippen molar-refractivity contribution in [1.82, 2.24) is 5.06 Å². The second-order valence-corrected chi connectivity index (χ2v) is 5.67. The number of rotatable bonds is 7. The van der Waals surface area contributed by atoms with Gasteiger partial charge in [0.05, 0.1) is 11.1 Å². The minimum absolute atomic E-state index is 0.212. The first-order chi connectivity index (χ1) is 10.5. The number of amides is 2. The number of hydrogen-bond donors (Lipinski definition) is 0. The topological polar surface area (TPSA) is 63.7 Å². The van der Waals surface area contributed by atoms with Gasteiger partial charge in [0.2, 0.25) is 0 Å². The minimum atomic E-state index is -0.575. The van der Waals surface area contributed by atoms with Crippen molar-refractivity contribution in [3.05, 3.63) is 35.4 Å². The van der Waals surface area contributed by atoms with Gasteiger partial charge >= 0.3 is 5.97 Å². The fraction of sp³-hybridized carbons (Fsp3) is 0.471. The average molecular weight is 303 g/mol. The lowest BCUT2D eigenvalue weighted by atomic mass is 10.0. The molecule has 1 aliphatic rings. The van der Waals surface area contributed by atoms with Crippen LogP contribution in [0.2, 0.25) is 0 Å². The fourth-order valence-electron chi connectivity index (χ4n) is 2.36. The second-order valence-electron chi connectivity index (χ2n) is 5.67. The molecule has 1 aromatic rings. The Balaban J connectivity index is 1.83. The maximum Gasteiger partial charge on any atom is 0.333 e. The van der Waals surface area contributed by atoms with E-state index in [1.165, 1.54) is 0 Å². The summed E-state index contributed by atoms with van der Waals surface area (Å²) in [5.41, 5.74) is 0.550. The number of benzene rings is 1. The van der Waals surface area contributed by atoms with Gasteiger partial charge in [0.1, 0.15) is 0 Å². The van der Waals surface area contributed by atoms with E-state index < -0.39 is 17.8 Å². The molecule has 1 atom stereocenters. The summed E-state index contributed by atoms with van der Waals surface area (Å²) in [5, 5.41) is 0.571. The molecule has 0 bridgehead atoms. The average Bonchev–Trinajstić information content (AvgIpc) is 2.77. The summed E-state index contributed by atoms with van der Waals surface area (Å²) in [6, 6.07) is 6.44. The van der Waals surface area contributed by atoms with Crippen LogP contribution in [-0.2, 0) is 9.63 Å². The first-order valence-electron chi connectivity index (χ1n) is 7.73. The van der Waals surface area contributed by atoms with E-state index in [0.717, 1.165) is 19.3 Å². The zero-order valence-corrected chi connectivity index (χ0v) is 13.0. The molecule has 0 N–H and O–H groups in total. The molecule has 22 heavy (non-hydrogen) atoms. The Bertz CT molecular complexity index is 547. The number of fused-ring (bicyclic) bond motifs is 1. The molecule has 2 amide bonds. The standard InChI is InChI=1S/C17H21NO4/c1-3-12(2)8-4-7-11-15(19)22-18-16(20)13-9-5-6-10-14(13)17(18)21/h5-6,9-10,12H,3-4,7-8,11H2,1-2H3. The molecule has 0 aromatic heterocycles. The molecule has 0 spiro atoms. The molecule has 2 rings (SSSR count). The monoisotopic (exact) mass is 303 g/mol. The third-order valence-corrected chi connectivity index (χ3v) is 3.97. The number of imide groups is 1. The van der Waals surface area contributed by atoms with Crippen molar-refractivity contribution in [2.75, 3.05) is 0 Å². The van der Waals surface area contributed by atoms with E-state index in [1.807, 2.05) is 0 Å². The van der Waals surface area contributed by atoms with Crippen LogP contribution in [0, 0.1) is 5.92 Å². The van der Waals surface area contributed by atoms with Gasteiger partial charge in [-0.1, -0.05) is 50.3 Å². The van der Waals surface area contributed by atoms with Gasteiger partial charge in [-0.15, -0.1) is 0 Å². The van der Waals surface area contributed by atoms with Crippen molar-refractivity contribution < 1.29 is 19.2 Å². The molecule has 0 radical (unpaired) electrons. The van der Waals surface area contributed by atoms with Crippen LogP contribution < -0.4 is 0 Å². The van der Waals surface area contributed by atoms with Gasteiger partial charge in [0.15, 0.2) is 0 Å². The maximum absolute atomic E-state index is 12.0.